The van der Waals surface area contributed by atoms with Crippen molar-refractivity contribution in [2.75, 3.05) is 7.11 Å². The highest BCUT2D eigenvalue weighted by molar-refractivity contribution is 5.87. The number of hydrogen-bond acceptors (Lipinski definition) is 3. The molecule has 0 N–H and O–H groups in total. The van der Waals surface area contributed by atoms with Crippen LogP contribution in [0.1, 0.15) is 29.0 Å². The van der Waals surface area contributed by atoms with Gasteiger partial charge < -0.3 is 9.30 Å². The van der Waals surface area contributed by atoms with E-state index in [9.17, 15) is 4.79 Å². The quantitative estimate of drug-likeness (QED) is 0.760. The second-order valence-electron chi connectivity index (χ2n) is 3.76. The molecule has 0 bridgehead atoms. The molecule has 0 aliphatic rings. The summed E-state index contributed by atoms with van der Waals surface area (Å²) in [4.78, 5) is 15.5. The summed E-state index contributed by atoms with van der Waals surface area (Å²) in [5.41, 5.74) is 1.58. The molecule has 0 fully saturated rings. The van der Waals surface area contributed by atoms with Gasteiger partial charge in [0, 0.05) is 0 Å². The fourth-order valence-electron chi connectivity index (χ4n) is 1.77. The Morgan fingerprint density at radius 2 is 2.06 bits per heavy atom. The number of aromatic nitrogens is 2. The molecule has 1 aromatic carbocycles. The minimum absolute atomic E-state index is 0.0489. The van der Waals surface area contributed by atoms with Crippen LogP contribution in [0.2, 0.25) is 0 Å². The molecule has 1 heterocycles. The first-order valence-corrected chi connectivity index (χ1v) is 5.39. The lowest BCUT2D eigenvalue weighted by Gasteiger charge is -2.15. The van der Waals surface area contributed by atoms with Gasteiger partial charge in [-0.3, -0.25) is 0 Å². The molecule has 88 valence electrons. The van der Waals surface area contributed by atoms with E-state index < -0.39 is 0 Å². The van der Waals surface area contributed by atoms with Crippen molar-refractivity contribution in [2.45, 2.75) is 13.0 Å². The van der Waals surface area contributed by atoms with E-state index in [4.69, 9.17) is 4.74 Å². The number of ether oxygens (including phenoxy) is 1. The number of carbonyl (C=O) groups excluding carboxylic acids is 1. The van der Waals surface area contributed by atoms with Gasteiger partial charge in [-0.25, -0.2) is 9.78 Å². The van der Waals surface area contributed by atoms with Crippen LogP contribution in [0.25, 0.3) is 0 Å². The van der Waals surface area contributed by atoms with Crippen LogP contribution in [0, 0.1) is 0 Å². The summed E-state index contributed by atoms with van der Waals surface area (Å²) < 4.78 is 6.53. The fraction of sp³-hybridized carbons (Fsp3) is 0.231. The van der Waals surface area contributed by atoms with Gasteiger partial charge in [0.1, 0.15) is 5.69 Å². The molecule has 0 amide bonds. The average molecular weight is 230 g/mol. The molecule has 0 saturated carbocycles. The Kier molecular flexibility index (Phi) is 3.23. The van der Waals surface area contributed by atoms with Crippen molar-refractivity contribution >= 4 is 5.97 Å². The molecule has 0 saturated heterocycles. The summed E-state index contributed by atoms with van der Waals surface area (Å²) in [6.07, 6.45) is 3.16. The molecular weight excluding hydrogens is 216 g/mol. The van der Waals surface area contributed by atoms with Gasteiger partial charge in [0.05, 0.1) is 25.7 Å². The lowest BCUT2D eigenvalue weighted by atomic mass is 10.1. The summed E-state index contributed by atoms with van der Waals surface area (Å²) in [7, 11) is 1.37. The van der Waals surface area contributed by atoms with Crippen molar-refractivity contribution in [3.63, 3.8) is 0 Å². The number of nitrogens with zero attached hydrogens (tertiary/aromatic N) is 2. The Labute approximate surface area is 99.9 Å². The summed E-state index contributed by atoms with van der Waals surface area (Å²) >= 11 is 0. The molecule has 4 heteroatoms. The molecule has 0 aliphatic carbocycles. The van der Waals surface area contributed by atoms with Crippen LogP contribution in [-0.4, -0.2) is 22.6 Å². The Balaban J connectivity index is 2.35. The molecular formula is C13H14N2O2. The molecule has 17 heavy (non-hydrogen) atoms. The van der Waals surface area contributed by atoms with Gasteiger partial charge in [0.2, 0.25) is 0 Å². The maximum Gasteiger partial charge on any atom is 0.356 e. The normalized spacial score (nSPS) is 12.1. The van der Waals surface area contributed by atoms with Crippen LogP contribution in [0.15, 0.2) is 42.9 Å². The predicted octanol–water partition coefficient (Wildman–Crippen LogP) is 2.28. The Morgan fingerprint density at radius 3 is 2.71 bits per heavy atom. The van der Waals surface area contributed by atoms with E-state index in [0.29, 0.717) is 5.69 Å². The van der Waals surface area contributed by atoms with Gasteiger partial charge in [-0.2, -0.15) is 0 Å². The van der Waals surface area contributed by atoms with E-state index in [1.54, 1.807) is 10.9 Å². The summed E-state index contributed by atoms with van der Waals surface area (Å²) in [5, 5.41) is 0. The van der Waals surface area contributed by atoms with E-state index in [1.807, 2.05) is 37.3 Å². The molecule has 1 aromatic heterocycles. The molecule has 1 atom stereocenters. The number of esters is 1. The third-order valence-corrected chi connectivity index (χ3v) is 2.76. The summed E-state index contributed by atoms with van der Waals surface area (Å²) in [6, 6.07) is 10.00. The third-order valence-electron chi connectivity index (χ3n) is 2.76. The summed E-state index contributed by atoms with van der Waals surface area (Å²) in [6.45, 7) is 2.02. The van der Waals surface area contributed by atoms with Crippen LogP contribution in [0.4, 0.5) is 0 Å². The molecule has 2 aromatic rings. The first kappa shape index (κ1) is 11.4. The summed E-state index contributed by atoms with van der Waals surface area (Å²) in [5.74, 6) is -0.370. The highest BCUT2D eigenvalue weighted by atomic mass is 16.5. The first-order chi connectivity index (χ1) is 8.24. The van der Waals surface area contributed by atoms with Crippen LogP contribution in [-0.2, 0) is 4.74 Å². The molecule has 4 nitrogen and oxygen atoms in total. The molecule has 0 spiro atoms. The van der Waals surface area contributed by atoms with Crippen molar-refractivity contribution in [1.82, 2.24) is 9.55 Å². The highest BCUT2D eigenvalue weighted by Gasteiger charge is 2.16. The van der Waals surface area contributed by atoms with Crippen molar-refractivity contribution < 1.29 is 9.53 Å². The lowest BCUT2D eigenvalue weighted by molar-refractivity contribution is 0.0587. The smallest absolute Gasteiger partial charge is 0.356 e. The van der Waals surface area contributed by atoms with Crippen LogP contribution in [0.3, 0.4) is 0 Å². The minimum atomic E-state index is -0.370. The van der Waals surface area contributed by atoms with Gasteiger partial charge in [0.25, 0.3) is 0 Å². The molecule has 0 aliphatic heterocycles. The standard InChI is InChI=1S/C13H14N2O2/c1-10(11-6-4-3-5-7-11)15-9-14-8-12(15)13(16)17-2/h3-10H,1-2H3/t10-/m1/s1. The Morgan fingerprint density at radius 1 is 1.35 bits per heavy atom. The minimum Gasteiger partial charge on any atom is -0.464 e. The van der Waals surface area contributed by atoms with Gasteiger partial charge in [-0.15, -0.1) is 0 Å². The van der Waals surface area contributed by atoms with E-state index in [-0.39, 0.29) is 12.0 Å². The van der Waals surface area contributed by atoms with E-state index in [2.05, 4.69) is 4.98 Å². The predicted molar refractivity (Wildman–Crippen MR) is 63.8 cm³/mol. The monoisotopic (exact) mass is 230 g/mol. The number of carbonyl (C=O) groups is 1. The van der Waals surface area contributed by atoms with E-state index >= 15 is 0 Å². The van der Waals surface area contributed by atoms with Gasteiger partial charge in [0.15, 0.2) is 0 Å². The molecule has 0 unspecified atom stereocenters. The maximum atomic E-state index is 11.5. The molecule has 2 rings (SSSR count). The van der Waals surface area contributed by atoms with Crippen molar-refractivity contribution in [1.29, 1.82) is 0 Å². The number of rotatable bonds is 3. The van der Waals surface area contributed by atoms with Crippen molar-refractivity contribution in [3.05, 3.63) is 54.1 Å². The maximum absolute atomic E-state index is 11.5. The largest absolute Gasteiger partial charge is 0.464 e. The SMILES string of the molecule is COC(=O)c1cncn1[C@H](C)c1ccccc1. The number of benzene rings is 1. The van der Waals surface area contributed by atoms with Crippen molar-refractivity contribution in [2.24, 2.45) is 0 Å². The zero-order valence-corrected chi connectivity index (χ0v) is 9.83. The average Bonchev–Trinajstić information content (AvgIpc) is 2.87. The van der Waals surface area contributed by atoms with Gasteiger partial charge in [-0.1, -0.05) is 30.3 Å². The highest BCUT2D eigenvalue weighted by Crippen LogP contribution is 2.19. The van der Waals surface area contributed by atoms with E-state index in [1.165, 1.54) is 13.3 Å². The van der Waals surface area contributed by atoms with Crippen molar-refractivity contribution in [3.8, 4) is 0 Å². The lowest BCUT2D eigenvalue weighted by Crippen LogP contribution is -2.14. The topological polar surface area (TPSA) is 44.1 Å². The molecule has 0 radical (unpaired) electrons. The number of imidazole rings is 1. The Hall–Kier alpha value is -2.10. The second kappa shape index (κ2) is 4.82. The fourth-order valence-corrected chi connectivity index (χ4v) is 1.77. The van der Waals surface area contributed by atoms with Gasteiger partial charge >= 0.3 is 5.97 Å². The van der Waals surface area contributed by atoms with E-state index in [0.717, 1.165) is 5.56 Å². The van der Waals surface area contributed by atoms with Crippen LogP contribution < -0.4 is 0 Å². The van der Waals surface area contributed by atoms with Crippen LogP contribution in [0.5, 0.6) is 0 Å². The first-order valence-electron chi connectivity index (χ1n) is 5.39. The zero-order valence-electron chi connectivity index (χ0n) is 9.83. The number of hydrogen-bond donors (Lipinski definition) is 0. The van der Waals surface area contributed by atoms with Gasteiger partial charge in [-0.05, 0) is 12.5 Å². The van der Waals surface area contributed by atoms with Crippen LogP contribution >= 0.6 is 0 Å². The number of methoxy groups -OCH3 is 1. The third kappa shape index (κ3) is 2.20. The Bertz CT molecular complexity index is 505. The second-order valence-corrected chi connectivity index (χ2v) is 3.76. The zero-order chi connectivity index (χ0) is 12.3.